The van der Waals surface area contributed by atoms with Crippen LogP contribution in [0, 0.1) is 17.8 Å². The number of aryl methyl sites for hydroxylation is 1. The fourth-order valence-corrected chi connectivity index (χ4v) is 5.61. The first-order chi connectivity index (χ1) is 17.9. The van der Waals surface area contributed by atoms with E-state index in [1.807, 2.05) is 12.1 Å². The van der Waals surface area contributed by atoms with Crippen molar-refractivity contribution in [3.8, 4) is 11.5 Å². The highest BCUT2D eigenvalue weighted by atomic mass is 19.3. The van der Waals surface area contributed by atoms with Crippen molar-refractivity contribution in [1.82, 2.24) is 9.55 Å². The number of carboxylic acid groups (broad SMARTS) is 1. The van der Waals surface area contributed by atoms with Crippen molar-refractivity contribution in [2.75, 3.05) is 12.4 Å². The Bertz CT molecular complexity index is 1270. The van der Waals surface area contributed by atoms with E-state index in [9.17, 15) is 18.7 Å². The largest absolute Gasteiger partial charge is 0.496 e. The topological polar surface area (TPSA) is 85.6 Å². The predicted molar refractivity (Wildman–Crippen MR) is 144 cm³/mol. The number of hydrogen-bond donors (Lipinski definition) is 2. The van der Waals surface area contributed by atoms with Crippen molar-refractivity contribution in [2.45, 2.75) is 71.9 Å². The van der Waals surface area contributed by atoms with Gasteiger partial charge >= 0.3 is 12.1 Å². The number of nitrogens with zero attached hydrogens (tertiary/aromatic N) is 2. The highest BCUT2D eigenvalue weighted by Gasteiger charge is 2.34. The summed E-state index contributed by atoms with van der Waals surface area (Å²) in [6.45, 7) is 7.50. The van der Waals surface area contributed by atoms with Gasteiger partial charge in [-0.3, -0.25) is 4.79 Å². The zero-order chi connectivity index (χ0) is 27.6. The molecule has 3 atom stereocenters. The summed E-state index contributed by atoms with van der Waals surface area (Å²) < 4.78 is 39.1. The molecule has 4 rings (SSSR count). The van der Waals surface area contributed by atoms with Crippen LogP contribution in [0.2, 0.25) is 0 Å². The van der Waals surface area contributed by atoms with E-state index in [0.29, 0.717) is 48.5 Å². The van der Waals surface area contributed by atoms with Gasteiger partial charge in [0, 0.05) is 31.1 Å². The Morgan fingerprint density at radius 2 is 1.95 bits per heavy atom. The molecule has 1 aromatic heterocycles. The van der Waals surface area contributed by atoms with E-state index >= 15 is 0 Å². The maximum absolute atomic E-state index is 13.3. The second kappa shape index (κ2) is 11.2. The molecule has 1 fully saturated rings. The van der Waals surface area contributed by atoms with Gasteiger partial charge in [-0.25, -0.2) is 4.98 Å². The standard InChI is InChI=1S/C29H37F2N3O4/c1-17(2)22-12-6-18(3)14-24(22)34-25-16-26(37-5)19(7-13-27(35)36)15-23(25)33-28(34)32-20-8-10-21(11-9-20)38-29(4,30)31/h8-11,15-18,22,24H,6-7,12-14H2,1-5H3,(H,32,33)(H,35,36)/t18-,22+,24-/m1/s1. The number of alkyl halides is 2. The molecule has 0 aliphatic heterocycles. The number of nitrogens with one attached hydrogen (secondary N) is 1. The lowest BCUT2D eigenvalue weighted by Gasteiger charge is -2.39. The highest BCUT2D eigenvalue weighted by Crippen LogP contribution is 2.45. The summed E-state index contributed by atoms with van der Waals surface area (Å²) in [5.41, 5.74) is 3.15. The van der Waals surface area contributed by atoms with Gasteiger partial charge < -0.3 is 24.5 Å². The number of carboxylic acids is 1. The molecule has 206 valence electrons. The average molecular weight is 530 g/mol. The first-order valence-corrected chi connectivity index (χ1v) is 13.2. The van der Waals surface area contributed by atoms with Gasteiger partial charge in [-0.2, -0.15) is 8.78 Å². The Morgan fingerprint density at radius 1 is 1.24 bits per heavy atom. The lowest BCUT2D eigenvalue weighted by atomic mass is 9.74. The van der Waals surface area contributed by atoms with E-state index in [2.05, 4.69) is 35.4 Å². The lowest BCUT2D eigenvalue weighted by Crippen LogP contribution is -2.30. The summed E-state index contributed by atoms with van der Waals surface area (Å²) in [7, 11) is 1.59. The Morgan fingerprint density at radius 3 is 2.55 bits per heavy atom. The summed E-state index contributed by atoms with van der Waals surface area (Å²) in [4.78, 5) is 16.2. The number of benzene rings is 2. The Hall–Kier alpha value is -3.36. The number of hydrogen-bond acceptors (Lipinski definition) is 5. The lowest BCUT2D eigenvalue weighted by molar-refractivity contribution is -0.159. The van der Waals surface area contributed by atoms with Crippen molar-refractivity contribution in [2.24, 2.45) is 17.8 Å². The van der Waals surface area contributed by atoms with Gasteiger partial charge in [-0.1, -0.05) is 27.2 Å². The Balaban J connectivity index is 1.80. The molecule has 2 N–H and O–H groups in total. The van der Waals surface area contributed by atoms with E-state index in [4.69, 9.17) is 9.72 Å². The first kappa shape index (κ1) is 27.7. The third-order valence-electron chi connectivity index (χ3n) is 7.43. The molecule has 3 aromatic rings. The van der Waals surface area contributed by atoms with Gasteiger partial charge in [-0.05, 0) is 72.9 Å². The van der Waals surface area contributed by atoms with Gasteiger partial charge in [0.15, 0.2) is 0 Å². The molecular formula is C29H37F2N3O4. The number of rotatable bonds is 10. The Kier molecular flexibility index (Phi) is 8.13. The van der Waals surface area contributed by atoms with Crippen molar-refractivity contribution >= 4 is 28.6 Å². The van der Waals surface area contributed by atoms with Crippen LogP contribution in [0.3, 0.4) is 0 Å². The van der Waals surface area contributed by atoms with Crippen LogP contribution in [0.5, 0.6) is 11.5 Å². The monoisotopic (exact) mass is 529 g/mol. The van der Waals surface area contributed by atoms with Gasteiger partial charge in [0.2, 0.25) is 5.95 Å². The van der Waals surface area contributed by atoms with Gasteiger partial charge in [-0.15, -0.1) is 0 Å². The predicted octanol–water partition coefficient (Wildman–Crippen LogP) is 7.43. The molecule has 0 bridgehead atoms. The van der Waals surface area contributed by atoms with Crippen LogP contribution in [-0.2, 0) is 11.2 Å². The molecule has 1 heterocycles. The summed E-state index contributed by atoms with van der Waals surface area (Å²) in [5.74, 6) is 1.97. The molecule has 0 saturated heterocycles. The zero-order valence-corrected chi connectivity index (χ0v) is 22.6. The molecule has 38 heavy (non-hydrogen) atoms. The van der Waals surface area contributed by atoms with Crippen LogP contribution >= 0.6 is 0 Å². The van der Waals surface area contributed by atoms with E-state index < -0.39 is 12.1 Å². The zero-order valence-electron chi connectivity index (χ0n) is 22.6. The summed E-state index contributed by atoms with van der Waals surface area (Å²) in [6, 6.07) is 10.4. The molecule has 1 aliphatic rings. The van der Waals surface area contributed by atoms with E-state index in [-0.39, 0.29) is 18.2 Å². The van der Waals surface area contributed by atoms with Crippen molar-refractivity contribution in [3.05, 3.63) is 42.0 Å². The van der Waals surface area contributed by atoms with Crippen molar-refractivity contribution in [1.29, 1.82) is 0 Å². The van der Waals surface area contributed by atoms with Crippen molar-refractivity contribution in [3.63, 3.8) is 0 Å². The van der Waals surface area contributed by atoms with Crippen LogP contribution in [0.4, 0.5) is 20.4 Å². The number of carbonyl (C=O) groups is 1. The normalized spacial score (nSPS) is 20.1. The third-order valence-corrected chi connectivity index (χ3v) is 7.43. The molecular weight excluding hydrogens is 492 g/mol. The number of fused-ring (bicyclic) bond motifs is 1. The highest BCUT2D eigenvalue weighted by molar-refractivity contribution is 5.83. The molecule has 0 spiro atoms. The maximum Gasteiger partial charge on any atom is 0.394 e. The van der Waals surface area contributed by atoms with Gasteiger partial charge in [0.25, 0.3) is 0 Å². The molecule has 0 radical (unpaired) electrons. The van der Waals surface area contributed by atoms with E-state index in [1.54, 1.807) is 19.2 Å². The van der Waals surface area contributed by atoms with Crippen LogP contribution in [-0.4, -0.2) is 33.8 Å². The average Bonchev–Trinajstić information content (AvgIpc) is 3.18. The number of aliphatic carboxylic acids is 1. The summed E-state index contributed by atoms with van der Waals surface area (Å²) >= 11 is 0. The first-order valence-electron chi connectivity index (χ1n) is 13.2. The smallest absolute Gasteiger partial charge is 0.394 e. The van der Waals surface area contributed by atoms with Gasteiger partial charge in [0.1, 0.15) is 11.5 Å². The number of imidazole rings is 1. The molecule has 1 aliphatic carbocycles. The minimum Gasteiger partial charge on any atom is -0.496 e. The minimum absolute atomic E-state index is 0.00549. The number of anilines is 2. The molecule has 7 nitrogen and oxygen atoms in total. The van der Waals surface area contributed by atoms with E-state index in [1.165, 1.54) is 18.6 Å². The van der Waals surface area contributed by atoms with Crippen LogP contribution < -0.4 is 14.8 Å². The minimum atomic E-state index is -3.26. The molecule has 2 aromatic carbocycles. The van der Waals surface area contributed by atoms with E-state index in [0.717, 1.165) is 29.4 Å². The number of methoxy groups -OCH3 is 1. The number of ether oxygens (including phenoxy) is 2. The summed E-state index contributed by atoms with van der Waals surface area (Å²) in [6.07, 6.45) is 0.375. The van der Waals surface area contributed by atoms with Gasteiger partial charge in [0.05, 0.1) is 18.1 Å². The second-order valence-electron chi connectivity index (χ2n) is 10.8. The maximum atomic E-state index is 13.3. The fraction of sp³-hybridized carbons (Fsp3) is 0.517. The second-order valence-corrected chi connectivity index (χ2v) is 10.8. The third kappa shape index (κ3) is 6.37. The molecule has 0 amide bonds. The molecule has 9 heteroatoms. The van der Waals surface area contributed by atoms with Crippen LogP contribution in [0.1, 0.15) is 65.0 Å². The quantitative estimate of drug-likeness (QED) is 0.284. The Labute approximate surface area is 222 Å². The molecule has 1 saturated carbocycles. The summed E-state index contributed by atoms with van der Waals surface area (Å²) in [5, 5.41) is 12.6. The molecule has 0 unspecified atom stereocenters. The van der Waals surface area contributed by atoms with Crippen LogP contribution in [0.15, 0.2) is 36.4 Å². The van der Waals surface area contributed by atoms with Crippen LogP contribution in [0.25, 0.3) is 11.0 Å². The SMILES string of the molecule is COc1cc2c(cc1CCC(=O)O)nc(Nc1ccc(OC(C)(F)F)cc1)n2[C@@H]1C[C@H](C)CC[C@H]1C(C)C. The van der Waals surface area contributed by atoms with Crippen molar-refractivity contribution < 1.29 is 28.2 Å². The fourth-order valence-electron chi connectivity index (χ4n) is 5.61. The number of halogens is 2. The number of aromatic nitrogens is 2.